The number of fused-ring (bicyclic) bond motifs is 1. The monoisotopic (exact) mass is 582 g/mol. The molecule has 1 aliphatic rings. The summed E-state index contributed by atoms with van der Waals surface area (Å²) in [6.45, 7) is 8.40. The summed E-state index contributed by atoms with van der Waals surface area (Å²) >= 11 is 0. The van der Waals surface area contributed by atoms with Gasteiger partial charge in [-0.3, -0.25) is 5.32 Å². The number of allylic oxidation sites excluding steroid dienone is 1. The number of ether oxygens (including phenoxy) is 4. The standard InChI is InChI=1S/C35H35FN2O5/c1-21-10-11-23(36)16-31(21)42-20-29-27(14-15-30-33(29)22(2)19-35(3,4)38-30)28-13-12-26(18-32(28)41-6)43-34(39)37-24-8-7-9-25(17-24)40-5/h7-19,38H,20H2,1-6H3,(H,37,39). The van der Waals surface area contributed by atoms with Gasteiger partial charge in [0.2, 0.25) is 0 Å². The smallest absolute Gasteiger partial charge is 0.417 e. The van der Waals surface area contributed by atoms with Crippen LogP contribution in [0.1, 0.15) is 37.5 Å². The molecule has 5 rings (SSSR count). The van der Waals surface area contributed by atoms with Gasteiger partial charge in [0.15, 0.2) is 0 Å². The molecule has 0 atom stereocenters. The molecule has 8 heteroatoms. The number of halogens is 1. The molecule has 7 nitrogen and oxygen atoms in total. The zero-order valence-corrected chi connectivity index (χ0v) is 25.1. The van der Waals surface area contributed by atoms with Crippen LogP contribution in [0.15, 0.2) is 78.9 Å². The molecule has 0 unspecified atom stereocenters. The molecule has 1 heterocycles. The number of methoxy groups -OCH3 is 2. The van der Waals surface area contributed by atoms with Gasteiger partial charge >= 0.3 is 6.09 Å². The minimum absolute atomic E-state index is 0.195. The lowest BCUT2D eigenvalue weighted by Crippen LogP contribution is -2.32. The number of amides is 1. The lowest BCUT2D eigenvalue weighted by Gasteiger charge is -2.33. The minimum Gasteiger partial charge on any atom is -0.497 e. The van der Waals surface area contributed by atoms with Crippen molar-refractivity contribution in [2.24, 2.45) is 0 Å². The summed E-state index contributed by atoms with van der Waals surface area (Å²) in [6, 6.07) is 20.8. The Labute approximate surface area is 251 Å². The summed E-state index contributed by atoms with van der Waals surface area (Å²) in [6.07, 6.45) is 1.54. The maximum absolute atomic E-state index is 14.1. The second-order valence-electron chi connectivity index (χ2n) is 11.0. The molecule has 0 fully saturated rings. The second kappa shape index (κ2) is 12.1. The van der Waals surface area contributed by atoms with E-state index in [2.05, 4.69) is 37.5 Å². The van der Waals surface area contributed by atoms with Crippen LogP contribution in [0.2, 0.25) is 0 Å². The largest absolute Gasteiger partial charge is 0.497 e. The number of aryl methyl sites for hydroxylation is 1. The Kier molecular flexibility index (Phi) is 8.30. The Morgan fingerprint density at radius 3 is 2.44 bits per heavy atom. The molecule has 0 bridgehead atoms. The minimum atomic E-state index is -0.647. The number of anilines is 2. The van der Waals surface area contributed by atoms with Crippen LogP contribution >= 0.6 is 0 Å². The quantitative estimate of drug-likeness (QED) is 0.217. The van der Waals surface area contributed by atoms with Crippen molar-refractivity contribution in [2.75, 3.05) is 24.9 Å². The summed E-state index contributed by atoms with van der Waals surface area (Å²) in [5.41, 5.74) is 6.85. The number of carbonyl (C=O) groups excluding carboxylic acids is 1. The van der Waals surface area contributed by atoms with Gasteiger partial charge in [-0.05, 0) is 80.8 Å². The summed E-state index contributed by atoms with van der Waals surface area (Å²) in [5, 5.41) is 6.30. The summed E-state index contributed by atoms with van der Waals surface area (Å²) < 4.78 is 36.8. The van der Waals surface area contributed by atoms with Crippen LogP contribution in [0.4, 0.5) is 20.6 Å². The highest BCUT2D eigenvalue weighted by Gasteiger charge is 2.27. The number of benzene rings is 4. The van der Waals surface area contributed by atoms with E-state index in [1.807, 2.05) is 25.1 Å². The number of nitrogens with one attached hydrogen (secondary N) is 2. The number of hydrogen-bond acceptors (Lipinski definition) is 6. The first-order valence-corrected chi connectivity index (χ1v) is 13.9. The Morgan fingerprint density at radius 2 is 1.67 bits per heavy atom. The van der Waals surface area contributed by atoms with Crippen molar-refractivity contribution in [3.63, 3.8) is 0 Å². The lowest BCUT2D eigenvalue weighted by atomic mass is 9.85. The van der Waals surface area contributed by atoms with Crippen molar-refractivity contribution in [2.45, 2.75) is 39.8 Å². The van der Waals surface area contributed by atoms with E-state index in [1.54, 1.807) is 56.7 Å². The van der Waals surface area contributed by atoms with Crippen molar-refractivity contribution in [3.05, 3.63) is 101 Å². The molecule has 4 aromatic rings. The SMILES string of the molecule is COc1cccc(NC(=O)Oc2ccc(-c3ccc4c(c3COc3cc(F)ccc3C)C(C)=CC(C)(C)N4)c(OC)c2)c1. The van der Waals surface area contributed by atoms with E-state index in [1.165, 1.54) is 12.1 Å². The third-order valence-electron chi connectivity index (χ3n) is 7.25. The van der Waals surface area contributed by atoms with Gasteiger partial charge < -0.3 is 24.3 Å². The maximum atomic E-state index is 14.1. The first kappa shape index (κ1) is 29.5. The van der Waals surface area contributed by atoms with E-state index in [0.717, 1.165) is 39.1 Å². The Bertz CT molecular complexity index is 1710. The van der Waals surface area contributed by atoms with E-state index in [-0.39, 0.29) is 18.0 Å². The predicted molar refractivity (Wildman–Crippen MR) is 168 cm³/mol. The molecule has 0 aliphatic carbocycles. The van der Waals surface area contributed by atoms with Gasteiger partial charge in [0.25, 0.3) is 0 Å². The van der Waals surface area contributed by atoms with Gasteiger partial charge in [-0.2, -0.15) is 0 Å². The highest BCUT2D eigenvalue weighted by atomic mass is 19.1. The fraction of sp³-hybridized carbons (Fsp3) is 0.229. The van der Waals surface area contributed by atoms with Gasteiger partial charge in [-0.25, -0.2) is 9.18 Å². The van der Waals surface area contributed by atoms with E-state index in [9.17, 15) is 9.18 Å². The first-order valence-electron chi connectivity index (χ1n) is 13.9. The van der Waals surface area contributed by atoms with Crippen LogP contribution in [0.3, 0.4) is 0 Å². The van der Waals surface area contributed by atoms with Crippen LogP contribution in [-0.4, -0.2) is 25.9 Å². The predicted octanol–water partition coefficient (Wildman–Crippen LogP) is 8.62. The molecule has 0 saturated carbocycles. The molecule has 0 radical (unpaired) electrons. The lowest BCUT2D eigenvalue weighted by molar-refractivity contribution is 0.215. The normalized spacial score (nSPS) is 13.2. The molecule has 0 saturated heterocycles. The molecular weight excluding hydrogens is 547 g/mol. The molecule has 43 heavy (non-hydrogen) atoms. The molecule has 1 amide bonds. The molecule has 4 aromatic carbocycles. The van der Waals surface area contributed by atoms with Gasteiger partial charge in [0.1, 0.15) is 35.4 Å². The molecular formula is C35H35FN2O5. The van der Waals surface area contributed by atoms with E-state index in [4.69, 9.17) is 18.9 Å². The third kappa shape index (κ3) is 6.59. The zero-order chi connectivity index (χ0) is 30.7. The molecule has 2 N–H and O–H groups in total. The van der Waals surface area contributed by atoms with Crippen molar-refractivity contribution in [3.8, 4) is 34.1 Å². The molecule has 0 spiro atoms. The van der Waals surface area contributed by atoms with Crippen molar-refractivity contribution in [1.29, 1.82) is 0 Å². The van der Waals surface area contributed by atoms with Crippen molar-refractivity contribution in [1.82, 2.24) is 0 Å². The number of hydrogen-bond donors (Lipinski definition) is 2. The Balaban J connectivity index is 1.49. The Morgan fingerprint density at radius 1 is 0.884 bits per heavy atom. The topological polar surface area (TPSA) is 78.1 Å². The van der Waals surface area contributed by atoms with Gasteiger partial charge in [0, 0.05) is 46.3 Å². The van der Waals surface area contributed by atoms with E-state index < -0.39 is 6.09 Å². The molecule has 1 aliphatic heterocycles. The highest BCUT2D eigenvalue weighted by molar-refractivity contribution is 5.89. The van der Waals surface area contributed by atoms with E-state index in [0.29, 0.717) is 28.7 Å². The first-order chi connectivity index (χ1) is 20.6. The fourth-order valence-electron chi connectivity index (χ4n) is 5.39. The van der Waals surface area contributed by atoms with Crippen LogP contribution in [0.25, 0.3) is 16.7 Å². The highest BCUT2D eigenvalue weighted by Crippen LogP contribution is 2.43. The number of carbonyl (C=O) groups is 1. The summed E-state index contributed by atoms with van der Waals surface area (Å²) in [7, 11) is 3.13. The Hall–Kier alpha value is -4.98. The van der Waals surface area contributed by atoms with E-state index >= 15 is 0 Å². The summed E-state index contributed by atoms with van der Waals surface area (Å²) in [5.74, 6) is 1.56. The third-order valence-corrected chi connectivity index (χ3v) is 7.25. The summed E-state index contributed by atoms with van der Waals surface area (Å²) in [4.78, 5) is 12.6. The fourth-order valence-corrected chi connectivity index (χ4v) is 5.39. The van der Waals surface area contributed by atoms with Crippen molar-refractivity contribution < 1.29 is 28.1 Å². The zero-order valence-electron chi connectivity index (χ0n) is 25.1. The van der Waals surface area contributed by atoms with Crippen LogP contribution in [0, 0.1) is 12.7 Å². The number of rotatable bonds is 8. The van der Waals surface area contributed by atoms with Gasteiger partial charge in [-0.1, -0.05) is 24.3 Å². The maximum Gasteiger partial charge on any atom is 0.417 e. The average Bonchev–Trinajstić information content (AvgIpc) is 2.96. The van der Waals surface area contributed by atoms with Crippen LogP contribution in [-0.2, 0) is 6.61 Å². The second-order valence-corrected chi connectivity index (χ2v) is 11.0. The van der Waals surface area contributed by atoms with Crippen LogP contribution < -0.4 is 29.6 Å². The molecule has 222 valence electrons. The van der Waals surface area contributed by atoms with Gasteiger partial charge in [-0.15, -0.1) is 0 Å². The average molecular weight is 583 g/mol. The van der Waals surface area contributed by atoms with Crippen molar-refractivity contribution >= 4 is 23.0 Å². The van der Waals surface area contributed by atoms with Crippen LogP contribution in [0.5, 0.6) is 23.0 Å². The molecule has 0 aromatic heterocycles. The van der Waals surface area contributed by atoms with Gasteiger partial charge in [0.05, 0.1) is 19.8 Å².